The van der Waals surface area contributed by atoms with E-state index in [1.165, 1.54) is 0 Å². The Morgan fingerprint density at radius 3 is 2.00 bits per heavy atom. The number of nitrogens with two attached hydrogens (primary N) is 1. The summed E-state index contributed by atoms with van der Waals surface area (Å²) in [5.74, 6) is 1.07. The van der Waals surface area contributed by atoms with Crippen molar-refractivity contribution in [2.45, 2.75) is 40.7 Å². The molecule has 3 N–H and O–H groups in total. The molecule has 0 amide bonds. The van der Waals surface area contributed by atoms with Gasteiger partial charge in [0, 0.05) is 17.9 Å². The van der Waals surface area contributed by atoms with Gasteiger partial charge >= 0.3 is 0 Å². The maximum absolute atomic E-state index is 5.76. The van der Waals surface area contributed by atoms with E-state index in [-0.39, 0.29) is 0 Å². The molecule has 1 atom stereocenters. The Kier molecular flexibility index (Phi) is 4.79. The molecule has 0 saturated carbocycles. The summed E-state index contributed by atoms with van der Waals surface area (Å²) in [4.78, 5) is 0. The minimum atomic E-state index is 0.428. The Labute approximate surface area is 76.2 Å². The Morgan fingerprint density at radius 1 is 1.17 bits per heavy atom. The van der Waals surface area contributed by atoms with Crippen LogP contribution in [-0.4, -0.2) is 6.04 Å². The maximum atomic E-state index is 5.76. The fraction of sp³-hybridized carbons (Fsp3) is 0.800. The monoisotopic (exact) mass is 170 g/mol. The van der Waals surface area contributed by atoms with E-state index in [1.807, 2.05) is 6.20 Å². The second-order valence-electron chi connectivity index (χ2n) is 4.00. The average Bonchev–Trinajstić information content (AvgIpc) is 1.98. The zero-order valence-electron chi connectivity index (χ0n) is 8.89. The van der Waals surface area contributed by atoms with E-state index in [1.54, 1.807) is 0 Å². The van der Waals surface area contributed by atoms with E-state index in [2.05, 4.69) is 39.9 Å². The molecular weight excluding hydrogens is 148 g/mol. The van der Waals surface area contributed by atoms with Gasteiger partial charge in [-0.05, 0) is 18.8 Å². The van der Waals surface area contributed by atoms with Gasteiger partial charge in [0.1, 0.15) is 0 Å². The topological polar surface area (TPSA) is 38.0 Å². The summed E-state index contributed by atoms with van der Waals surface area (Å²) in [6, 6.07) is 0.488. The van der Waals surface area contributed by atoms with E-state index >= 15 is 0 Å². The average molecular weight is 170 g/mol. The van der Waals surface area contributed by atoms with Gasteiger partial charge in [0.2, 0.25) is 0 Å². The summed E-state index contributed by atoms with van der Waals surface area (Å²) < 4.78 is 0. The Morgan fingerprint density at radius 2 is 1.67 bits per heavy atom. The van der Waals surface area contributed by atoms with Crippen LogP contribution in [0.3, 0.4) is 0 Å². The predicted molar refractivity (Wildman–Crippen MR) is 54.5 cm³/mol. The summed E-state index contributed by atoms with van der Waals surface area (Å²) in [5.41, 5.74) is 6.68. The van der Waals surface area contributed by atoms with Gasteiger partial charge in [-0.2, -0.15) is 0 Å². The lowest BCUT2D eigenvalue weighted by Gasteiger charge is -2.17. The highest BCUT2D eigenvalue weighted by molar-refractivity contribution is 4.98. The highest BCUT2D eigenvalue weighted by Gasteiger charge is 2.04. The molecule has 0 radical (unpaired) electrons. The number of rotatable bonds is 4. The number of hydrogen-bond acceptors (Lipinski definition) is 2. The van der Waals surface area contributed by atoms with Crippen molar-refractivity contribution in [1.82, 2.24) is 5.32 Å². The van der Waals surface area contributed by atoms with Crippen molar-refractivity contribution in [3.63, 3.8) is 0 Å². The van der Waals surface area contributed by atoms with Crippen molar-refractivity contribution < 1.29 is 0 Å². The van der Waals surface area contributed by atoms with Gasteiger partial charge in [-0.25, -0.2) is 0 Å². The fourth-order valence-electron chi connectivity index (χ4n) is 0.587. The third kappa shape index (κ3) is 4.27. The van der Waals surface area contributed by atoms with E-state index in [4.69, 9.17) is 5.73 Å². The van der Waals surface area contributed by atoms with Crippen LogP contribution in [0.15, 0.2) is 11.9 Å². The Hall–Kier alpha value is -0.660. The van der Waals surface area contributed by atoms with Crippen LogP contribution in [0.25, 0.3) is 0 Å². The van der Waals surface area contributed by atoms with Crippen molar-refractivity contribution in [3.8, 4) is 0 Å². The van der Waals surface area contributed by atoms with Gasteiger partial charge in [0.05, 0.1) is 0 Å². The molecule has 2 nitrogen and oxygen atoms in total. The first kappa shape index (κ1) is 11.3. The molecule has 0 aliphatic carbocycles. The zero-order valence-corrected chi connectivity index (χ0v) is 8.89. The van der Waals surface area contributed by atoms with Crippen molar-refractivity contribution >= 4 is 0 Å². The summed E-state index contributed by atoms with van der Waals surface area (Å²) >= 11 is 0. The van der Waals surface area contributed by atoms with Gasteiger partial charge in [0.25, 0.3) is 0 Å². The molecule has 0 saturated heterocycles. The highest BCUT2D eigenvalue weighted by Crippen LogP contribution is 2.03. The summed E-state index contributed by atoms with van der Waals surface area (Å²) in [5, 5.41) is 3.28. The van der Waals surface area contributed by atoms with Crippen molar-refractivity contribution in [2.75, 3.05) is 0 Å². The molecule has 12 heavy (non-hydrogen) atoms. The van der Waals surface area contributed by atoms with Gasteiger partial charge < -0.3 is 11.1 Å². The quantitative estimate of drug-likeness (QED) is 0.678. The van der Waals surface area contributed by atoms with Crippen molar-refractivity contribution in [2.24, 2.45) is 17.6 Å². The minimum Gasteiger partial charge on any atom is -0.401 e. The molecule has 0 aliphatic rings. The molecule has 0 spiro atoms. The van der Waals surface area contributed by atoms with Gasteiger partial charge in [-0.1, -0.05) is 27.7 Å². The molecule has 0 aromatic carbocycles. The normalized spacial score (nSPS) is 15.4. The molecule has 0 fully saturated rings. The second kappa shape index (κ2) is 5.07. The molecule has 0 aliphatic heterocycles. The smallest absolute Gasteiger partial charge is 0.0266 e. The van der Waals surface area contributed by atoms with Crippen LogP contribution in [-0.2, 0) is 0 Å². The lowest BCUT2D eigenvalue weighted by Crippen LogP contribution is -2.27. The van der Waals surface area contributed by atoms with Gasteiger partial charge in [-0.3, -0.25) is 0 Å². The SMILES string of the molecule is CC(C)/C(N)=C/NC(C)C(C)C. The van der Waals surface area contributed by atoms with Crippen LogP contribution in [0.2, 0.25) is 0 Å². The van der Waals surface area contributed by atoms with Crippen molar-refractivity contribution in [1.29, 1.82) is 0 Å². The third-order valence-corrected chi connectivity index (χ3v) is 2.18. The summed E-state index contributed by atoms with van der Waals surface area (Å²) in [7, 11) is 0. The van der Waals surface area contributed by atoms with Crippen LogP contribution in [0.1, 0.15) is 34.6 Å². The van der Waals surface area contributed by atoms with E-state index < -0.39 is 0 Å². The van der Waals surface area contributed by atoms with Crippen LogP contribution >= 0.6 is 0 Å². The van der Waals surface area contributed by atoms with Crippen LogP contribution in [0.5, 0.6) is 0 Å². The van der Waals surface area contributed by atoms with Crippen LogP contribution < -0.4 is 11.1 Å². The Balaban J connectivity index is 3.87. The molecule has 72 valence electrons. The summed E-state index contributed by atoms with van der Waals surface area (Å²) in [6.07, 6.45) is 1.93. The van der Waals surface area contributed by atoms with E-state index in [0.29, 0.717) is 17.9 Å². The minimum absolute atomic E-state index is 0.428. The second-order valence-corrected chi connectivity index (χ2v) is 4.00. The third-order valence-electron chi connectivity index (χ3n) is 2.18. The zero-order chi connectivity index (χ0) is 9.72. The Bertz CT molecular complexity index is 148. The largest absolute Gasteiger partial charge is 0.401 e. The van der Waals surface area contributed by atoms with Crippen LogP contribution in [0.4, 0.5) is 0 Å². The molecule has 0 rings (SSSR count). The fourth-order valence-corrected chi connectivity index (χ4v) is 0.587. The lowest BCUT2D eigenvalue weighted by atomic mass is 10.1. The molecule has 0 heterocycles. The first-order chi connectivity index (χ1) is 5.45. The predicted octanol–water partition coefficient (Wildman–Crippen LogP) is 2.08. The van der Waals surface area contributed by atoms with Gasteiger partial charge in [0.15, 0.2) is 0 Å². The summed E-state index contributed by atoms with van der Waals surface area (Å²) in [6.45, 7) is 10.7. The van der Waals surface area contributed by atoms with E-state index in [0.717, 1.165) is 5.70 Å². The van der Waals surface area contributed by atoms with Gasteiger partial charge in [-0.15, -0.1) is 0 Å². The molecule has 0 aromatic rings. The van der Waals surface area contributed by atoms with Crippen molar-refractivity contribution in [3.05, 3.63) is 11.9 Å². The first-order valence-electron chi connectivity index (χ1n) is 4.66. The molecule has 1 unspecified atom stereocenters. The molecule has 0 bridgehead atoms. The maximum Gasteiger partial charge on any atom is 0.0266 e. The van der Waals surface area contributed by atoms with Crippen LogP contribution in [0, 0.1) is 11.8 Å². The first-order valence-corrected chi connectivity index (χ1v) is 4.66. The lowest BCUT2D eigenvalue weighted by molar-refractivity contribution is 0.470. The number of allylic oxidation sites excluding steroid dienone is 1. The molecular formula is C10H22N2. The number of nitrogens with one attached hydrogen (secondary N) is 1. The molecule has 2 heteroatoms. The number of hydrogen-bond donors (Lipinski definition) is 2. The standard InChI is InChI=1S/C10H22N2/c1-7(2)9(5)12-6-10(11)8(3)4/h6-9,12H,11H2,1-5H3/b10-6-. The van der Waals surface area contributed by atoms with E-state index in [9.17, 15) is 0 Å². The highest BCUT2D eigenvalue weighted by atomic mass is 14.9. The molecule has 0 aromatic heterocycles.